The van der Waals surface area contributed by atoms with Crippen LogP contribution in [0.5, 0.6) is 0 Å². The largest absolute Gasteiger partial charge is 0.364 e. The second-order valence-electron chi connectivity index (χ2n) is 3.57. The summed E-state index contributed by atoms with van der Waals surface area (Å²) >= 11 is 0. The molecule has 3 nitrogen and oxygen atoms in total. The van der Waals surface area contributed by atoms with Gasteiger partial charge in [0.1, 0.15) is 0 Å². The minimum absolute atomic E-state index is 0.00231. The zero-order valence-electron chi connectivity index (χ0n) is 7.89. The monoisotopic (exact) mass is 167 g/mol. The molecule has 0 aromatic carbocycles. The average Bonchev–Trinajstić information content (AvgIpc) is 2.55. The summed E-state index contributed by atoms with van der Waals surface area (Å²) in [5.41, 5.74) is 7.02. The molecular formula is C9H17N3. The van der Waals surface area contributed by atoms with Gasteiger partial charge in [0, 0.05) is 17.4 Å². The maximum Gasteiger partial charge on any atom is 0.0627 e. The molecule has 0 spiro atoms. The molecule has 0 aliphatic rings. The number of nitrogens with one attached hydrogen (secondary N) is 2. The summed E-state index contributed by atoms with van der Waals surface area (Å²) < 4.78 is 0. The van der Waals surface area contributed by atoms with Crippen LogP contribution in [0.2, 0.25) is 0 Å². The van der Waals surface area contributed by atoms with Crippen LogP contribution in [0.4, 0.5) is 0 Å². The van der Waals surface area contributed by atoms with Gasteiger partial charge in [-0.3, -0.25) is 0 Å². The highest BCUT2D eigenvalue weighted by molar-refractivity contribution is 5.13. The lowest BCUT2D eigenvalue weighted by atomic mass is 9.93. The Morgan fingerprint density at radius 2 is 2.25 bits per heavy atom. The first-order chi connectivity index (χ1) is 5.58. The van der Waals surface area contributed by atoms with Crippen molar-refractivity contribution in [3.8, 4) is 0 Å². The van der Waals surface area contributed by atoms with Gasteiger partial charge in [-0.25, -0.2) is 0 Å². The average molecular weight is 167 g/mol. The third kappa shape index (κ3) is 1.68. The summed E-state index contributed by atoms with van der Waals surface area (Å²) in [7, 11) is 1.92. The van der Waals surface area contributed by atoms with Gasteiger partial charge in [-0.15, -0.1) is 0 Å². The molecule has 4 N–H and O–H groups in total. The number of H-pyrrole nitrogens is 1. The van der Waals surface area contributed by atoms with E-state index in [1.165, 1.54) is 0 Å². The molecule has 12 heavy (non-hydrogen) atoms. The van der Waals surface area contributed by atoms with E-state index < -0.39 is 0 Å². The lowest BCUT2D eigenvalue weighted by Crippen LogP contribution is -2.46. The van der Waals surface area contributed by atoms with E-state index in [2.05, 4.69) is 24.1 Å². The van der Waals surface area contributed by atoms with E-state index in [4.69, 9.17) is 5.73 Å². The van der Waals surface area contributed by atoms with Crippen LogP contribution in [0.1, 0.15) is 25.6 Å². The third-order valence-electron chi connectivity index (χ3n) is 2.38. The van der Waals surface area contributed by atoms with Gasteiger partial charge in [0.05, 0.1) is 6.04 Å². The molecule has 0 saturated carbocycles. The normalized spacial score (nSPS) is 14.7. The maximum absolute atomic E-state index is 6.03. The molecule has 1 rings (SSSR count). The molecule has 1 heterocycles. The third-order valence-corrected chi connectivity index (χ3v) is 2.38. The fourth-order valence-electron chi connectivity index (χ4n) is 1.08. The molecule has 3 heteroatoms. The van der Waals surface area contributed by atoms with Crippen LogP contribution in [0.15, 0.2) is 18.3 Å². The van der Waals surface area contributed by atoms with Gasteiger partial charge in [0.15, 0.2) is 0 Å². The zero-order valence-corrected chi connectivity index (χ0v) is 7.89. The standard InChI is InChI=1S/C9H17N3/c1-9(2,11-3)8(10)7-5-4-6-12-7/h4-6,8,11-12H,10H2,1-3H3. The second kappa shape index (κ2) is 3.29. The summed E-state index contributed by atoms with van der Waals surface area (Å²) in [6, 6.07) is 3.96. The summed E-state index contributed by atoms with van der Waals surface area (Å²) in [6.45, 7) is 4.16. The smallest absolute Gasteiger partial charge is 0.0627 e. The van der Waals surface area contributed by atoms with E-state index in [9.17, 15) is 0 Å². The lowest BCUT2D eigenvalue weighted by Gasteiger charge is -2.30. The molecule has 0 radical (unpaired) electrons. The van der Waals surface area contributed by atoms with Crippen molar-refractivity contribution in [3.63, 3.8) is 0 Å². The van der Waals surface area contributed by atoms with E-state index in [1.807, 2.05) is 25.4 Å². The SMILES string of the molecule is CNC(C)(C)C(N)c1ccc[nH]1. The molecule has 0 aliphatic carbocycles. The molecule has 0 amide bonds. The van der Waals surface area contributed by atoms with E-state index in [0.717, 1.165) is 5.69 Å². The second-order valence-corrected chi connectivity index (χ2v) is 3.57. The van der Waals surface area contributed by atoms with Gasteiger partial charge in [0.25, 0.3) is 0 Å². The Bertz CT molecular complexity index is 226. The minimum atomic E-state index is -0.0785. The number of nitrogens with two attached hydrogens (primary N) is 1. The fourth-order valence-corrected chi connectivity index (χ4v) is 1.08. The highest BCUT2D eigenvalue weighted by Crippen LogP contribution is 2.20. The first kappa shape index (κ1) is 9.29. The molecular weight excluding hydrogens is 150 g/mol. The number of likely N-dealkylation sites (N-methyl/N-ethyl adjacent to an activating group) is 1. The topological polar surface area (TPSA) is 53.8 Å². The Hall–Kier alpha value is -0.800. The van der Waals surface area contributed by atoms with Crippen LogP contribution < -0.4 is 11.1 Å². The molecule has 1 unspecified atom stereocenters. The van der Waals surface area contributed by atoms with Crippen molar-refractivity contribution in [2.45, 2.75) is 25.4 Å². The van der Waals surface area contributed by atoms with Crippen molar-refractivity contribution >= 4 is 0 Å². The van der Waals surface area contributed by atoms with Crippen molar-refractivity contribution in [2.24, 2.45) is 5.73 Å². The molecule has 0 bridgehead atoms. The number of rotatable bonds is 3. The zero-order chi connectivity index (χ0) is 9.19. The molecule has 0 saturated heterocycles. The Labute approximate surface area is 73.4 Å². The van der Waals surface area contributed by atoms with Crippen LogP contribution in [0.25, 0.3) is 0 Å². The Morgan fingerprint density at radius 3 is 2.67 bits per heavy atom. The molecule has 1 atom stereocenters. The summed E-state index contributed by atoms with van der Waals surface area (Å²) in [6.07, 6.45) is 1.89. The molecule has 1 aromatic heterocycles. The first-order valence-electron chi connectivity index (χ1n) is 4.15. The van der Waals surface area contributed by atoms with Gasteiger partial charge < -0.3 is 16.0 Å². The Morgan fingerprint density at radius 1 is 1.58 bits per heavy atom. The number of aromatic amines is 1. The van der Waals surface area contributed by atoms with Crippen LogP contribution in [0, 0.1) is 0 Å². The van der Waals surface area contributed by atoms with Crippen LogP contribution in [0.3, 0.4) is 0 Å². The predicted octanol–water partition coefficient (Wildman–Crippen LogP) is 1.01. The summed E-state index contributed by atoms with van der Waals surface area (Å²) in [4.78, 5) is 3.11. The van der Waals surface area contributed by atoms with Gasteiger partial charge in [-0.2, -0.15) is 0 Å². The highest BCUT2D eigenvalue weighted by Gasteiger charge is 2.25. The van der Waals surface area contributed by atoms with Crippen LogP contribution in [-0.2, 0) is 0 Å². The molecule has 1 aromatic rings. The van der Waals surface area contributed by atoms with Crippen LogP contribution in [-0.4, -0.2) is 17.6 Å². The van der Waals surface area contributed by atoms with E-state index in [1.54, 1.807) is 0 Å². The van der Waals surface area contributed by atoms with Crippen molar-refractivity contribution < 1.29 is 0 Å². The summed E-state index contributed by atoms with van der Waals surface area (Å²) in [5.74, 6) is 0. The maximum atomic E-state index is 6.03. The van der Waals surface area contributed by atoms with Crippen molar-refractivity contribution in [1.29, 1.82) is 0 Å². The predicted molar refractivity (Wildman–Crippen MR) is 50.9 cm³/mol. The van der Waals surface area contributed by atoms with E-state index in [0.29, 0.717) is 0 Å². The van der Waals surface area contributed by atoms with Crippen molar-refractivity contribution in [3.05, 3.63) is 24.0 Å². The van der Waals surface area contributed by atoms with E-state index in [-0.39, 0.29) is 11.6 Å². The van der Waals surface area contributed by atoms with Gasteiger partial charge in [0.2, 0.25) is 0 Å². The lowest BCUT2D eigenvalue weighted by molar-refractivity contribution is 0.344. The summed E-state index contributed by atoms with van der Waals surface area (Å²) in [5, 5.41) is 3.18. The van der Waals surface area contributed by atoms with Gasteiger partial charge >= 0.3 is 0 Å². The molecule has 0 fully saturated rings. The number of hydrogen-bond acceptors (Lipinski definition) is 2. The molecule has 0 aliphatic heterocycles. The fraction of sp³-hybridized carbons (Fsp3) is 0.556. The number of hydrogen-bond donors (Lipinski definition) is 3. The van der Waals surface area contributed by atoms with Gasteiger partial charge in [-0.1, -0.05) is 0 Å². The minimum Gasteiger partial charge on any atom is -0.364 e. The Kier molecular flexibility index (Phi) is 2.55. The van der Waals surface area contributed by atoms with Crippen molar-refractivity contribution in [1.82, 2.24) is 10.3 Å². The van der Waals surface area contributed by atoms with Crippen molar-refractivity contribution in [2.75, 3.05) is 7.05 Å². The number of aromatic nitrogens is 1. The van der Waals surface area contributed by atoms with Crippen LogP contribution >= 0.6 is 0 Å². The quantitative estimate of drug-likeness (QED) is 0.629. The highest BCUT2D eigenvalue weighted by atomic mass is 15.0. The van der Waals surface area contributed by atoms with E-state index >= 15 is 0 Å². The molecule has 68 valence electrons. The van der Waals surface area contributed by atoms with Gasteiger partial charge in [-0.05, 0) is 33.0 Å². The first-order valence-corrected chi connectivity index (χ1v) is 4.15. The Balaban J connectivity index is 2.78.